The molecule has 0 bridgehead atoms. The van der Waals surface area contributed by atoms with Crippen LogP contribution < -0.4 is 0 Å². The van der Waals surface area contributed by atoms with Crippen LogP contribution in [0.2, 0.25) is 0 Å². The first kappa shape index (κ1) is 13.3. The van der Waals surface area contributed by atoms with Crippen LogP contribution in [0.3, 0.4) is 0 Å². The van der Waals surface area contributed by atoms with Crippen molar-refractivity contribution in [2.45, 2.75) is 78.0 Å². The number of rotatable bonds is 2. The van der Waals surface area contributed by atoms with Crippen molar-refractivity contribution in [2.75, 3.05) is 0 Å². The Hall–Kier alpha value is -0.730. The van der Waals surface area contributed by atoms with Gasteiger partial charge in [-0.2, -0.15) is 0 Å². The highest BCUT2D eigenvalue weighted by atomic mass is 16.6. The second-order valence-corrected chi connectivity index (χ2v) is 5.76. The van der Waals surface area contributed by atoms with Gasteiger partial charge >= 0.3 is 6.09 Å². The van der Waals surface area contributed by atoms with Gasteiger partial charge in [-0.15, -0.1) is 0 Å². The van der Waals surface area contributed by atoms with Crippen molar-refractivity contribution in [3.05, 3.63) is 0 Å². The van der Waals surface area contributed by atoms with Gasteiger partial charge in [0.1, 0.15) is 5.60 Å². The van der Waals surface area contributed by atoms with Crippen LogP contribution in [0.4, 0.5) is 4.79 Å². The molecule has 2 atom stereocenters. The van der Waals surface area contributed by atoms with E-state index in [1.165, 1.54) is 0 Å². The van der Waals surface area contributed by atoms with Gasteiger partial charge in [0, 0.05) is 12.1 Å². The van der Waals surface area contributed by atoms with E-state index >= 15 is 0 Å². The summed E-state index contributed by atoms with van der Waals surface area (Å²) in [4.78, 5) is 14.0. The summed E-state index contributed by atoms with van der Waals surface area (Å²) in [5.41, 5.74) is -0.393. The Labute approximate surface area is 99.1 Å². The zero-order valence-corrected chi connectivity index (χ0v) is 11.2. The zero-order valence-electron chi connectivity index (χ0n) is 11.2. The fraction of sp³-hybridized carbons (Fsp3) is 0.923. The molecule has 1 aliphatic heterocycles. The summed E-state index contributed by atoms with van der Waals surface area (Å²) in [7, 11) is 0. The molecule has 1 heterocycles. The van der Waals surface area contributed by atoms with Crippen molar-refractivity contribution in [3.8, 4) is 0 Å². The first-order valence-corrected chi connectivity index (χ1v) is 6.36. The second kappa shape index (κ2) is 5.07. The lowest BCUT2D eigenvalue weighted by atomic mass is 10.1. The first-order valence-electron chi connectivity index (χ1n) is 6.36. The molecule has 1 fully saturated rings. The van der Waals surface area contributed by atoms with Gasteiger partial charge in [-0.05, 0) is 47.0 Å². The minimum absolute atomic E-state index is 0.143. The summed E-state index contributed by atoms with van der Waals surface area (Å²) in [5.74, 6) is 0. The lowest BCUT2D eigenvalue weighted by Crippen LogP contribution is -2.43. The monoisotopic (exact) mass is 227 g/mol. The van der Waals surface area contributed by atoms with Crippen LogP contribution in [0.1, 0.15) is 60.3 Å². The number of ether oxygens (including phenoxy) is 1. The molecule has 1 saturated heterocycles. The summed E-state index contributed by atoms with van der Waals surface area (Å²) in [5, 5.41) is 0. The maximum Gasteiger partial charge on any atom is 0.410 e. The van der Waals surface area contributed by atoms with Gasteiger partial charge in [0.15, 0.2) is 0 Å². The molecule has 3 heteroatoms. The van der Waals surface area contributed by atoms with Crippen LogP contribution >= 0.6 is 0 Å². The van der Waals surface area contributed by atoms with Crippen LogP contribution in [0.15, 0.2) is 0 Å². The van der Waals surface area contributed by atoms with Gasteiger partial charge in [0.25, 0.3) is 0 Å². The van der Waals surface area contributed by atoms with Gasteiger partial charge in [0.05, 0.1) is 0 Å². The molecule has 0 aromatic heterocycles. The molecule has 0 aromatic carbocycles. The highest BCUT2D eigenvalue weighted by molar-refractivity contribution is 5.69. The van der Waals surface area contributed by atoms with Crippen LogP contribution in [0, 0.1) is 0 Å². The number of carbonyl (C=O) groups is 1. The number of hydrogen-bond donors (Lipinski definition) is 0. The fourth-order valence-electron chi connectivity index (χ4n) is 2.33. The van der Waals surface area contributed by atoms with Crippen LogP contribution in [-0.4, -0.2) is 28.7 Å². The van der Waals surface area contributed by atoms with E-state index in [1.807, 2.05) is 25.7 Å². The maximum atomic E-state index is 12.1. The maximum absolute atomic E-state index is 12.1. The third-order valence-electron chi connectivity index (χ3n) is 3.01. The van der Waals surface area contributed by atoms with Crippen LogP contribution in [0.5, 0.6) is 0 Å². The molecule has 94 valence electrons. The number of nitrogens with zero attached hydrogens (tertiary/aromatic N) is 1. The third kappa shape index (κ3) is 3.39. The van der Waals surface area contributed by atoms with Crippen LogP contribution in [-0.2, 0) is 4.74 Å². The Morgan fingerprint density at radius 2 is 2.00 bits per heavy atom. The van der Waals surface area contributed by atoms with Gasteiger partial charge in [-0.1, -0.05) is 13.3 Å². The molecule has 16 heavy (non-hydrogen) atoms. The molecule has 1 aliphatic rings. The normalized spacial score (nSPS) is 25.9. The largest absolute Gasteiger partial charge is 0.444 e. The van der Waals surface area contributed by atoms with E-state index in [-0.39, 0.29) is 6.09 Å². The number of amides is 1. The van der Waals surface area contributed by atoms with Gasteiger partial charge in [-0.3, -0.25) is 0 Å². The average Bonchev–Trinajstić information content (AvgIpc) is 2.44. The molecular formula is C13H25NO2. The smallest absolute Gasteiger partial charge is 0.410 e. The molecule has 0 radical (unpaired) electrons. The summed E-state index contributed by atoms with van der Waals surface area (Å²) >= 11 is 0. The van der Waals surface area contributed by atoms with E-state index < -0.39 is 5.60 Å². The summed E-state index contributed by atoms with van der Waals surface area (Å²) in [6.07, 6.45) is 4.29. The third-order valence-corrected chi connectivity index (χ3v) is 3.01. The topological polar surface area (TPSA) is 29.5 Å². The molecule has 0 aliphatic carbocycles. The second-order valence-electron chi connectivity index (χ2n) is 5.76. The molecular weight excluding hydrogens is 202 g/mol. The Bertz CT molecular complexity index is 243. The molecule has 1 amide bonds. The van der Waals surface area contributed by atoms with Crippen molar-refractivity contribution < 1.29 is 9.53 Å². The Kier molecular flexibility index (Phi) is 4.22. The molecule has 0 spiro atoms. The lowest BCUT2D eigenvalue weighted by molar-refractivity contribution is 0.0153. The Balaban J connectivity index is 2.64. The Morgan fingerprint density at radius 3 is 2.50 bits per heavy atom. The van der Waals surface area contributed by atoms with Crippen molar-refractivity contribution in [1.82, 2.24) is 4.90 Å². The van der Waals surface area contributed by atoms with E-state index in [9.17, 15) is 4.79 Å². The first-order chi connectivity index (χ1) is 7.35. The van der Waals surface area contributed by atoms with E-state index in [2.05, 4.69) is 13.8 Å². The van der Waals surface area contributed by atoms with E-state index in [0.717, 1.165) is 25.7 Å². The van der Waals surface area contributed by atoms with Crippen molar-refractivity contribution in [1.29, 1.82) is 0 Å². The highest BCUT2D eigenvalue weighted by Gasteiger charge is 2.36. The predicted molar refractivity (Wildman–Crippen MR) is 65.5 cm³/mol. The van der Waals surface area contributed by atoms with Crippen molar-refractivity contribution in [2.24, 2.45) is 0 Å². The van der Waals surface area contributed by atoms with Crippen LogP contribution in [0.25, 0.3) is 0 Å². The number of hydrogen-bond acceptors (Lipinski definition) is 2. The Morgan fingerprint density at radius 1 is 1.38 bits per heavy atom. The molecule has 0 saturated carbocycles. The summed E-state index contributed by atoms with van der Waals surface area (Å²) in [6, 6.07) is 0.709. The SMILES string of the molecule is CCCC1CCC(C)N1C(=O)OC(C)(C)C. The van der Waals surface area contributed by atoms with E-state index in [1.54, 1.807) is 0 Å². The molecule has 0 aromatic rings. The van der Waals surface area contributed by atoms with Crippen molar-refractivity contribution in [3.63, 3.8) is 0 Å². The highest BCUT2D eigenvalue weighted by Crippen LogP contribution is 2.28. The molecule has 0 N–H and O–H groups in total. The minimum atomic E-state index is -0.393. The average molecular weight is 227 g/mol. The summed E-state index contributed by atoms with van der Waals surface area (Å²) in [6.45, 7) is 10.0. The zero-order chi connectivity index (χ0) is 12.3. The molecule has 2 unspecified atom stereocenters. The molecule has 1 rings (SSSR count). The van der Waals surface area contributed by atoms with Crippen molar-refractivity contribution >= 4 is 6.09 Å². The van der Waals surface area contributed by atoms with E-state index in [0.29, 0.717) is 12.1 Å². The van der Waals surface area contributed by atoms with Gasteiger partial charge < -0.3 is 9.64 Å². The standard InChI is InChI=1S/C13H25NO2/c1-6-7-11-9-8-10(2)14(11)12(15)16-13(3,4)5/h10-11H,6-9H2,1-5H3. The van der Waals surface area contributed by atoms with E-state index in [4.69, 9.17) is 4.74 Å². The molecule has 3 nitrogen and oxygen atoms in total. The predicted octanol–water partition coefficient (Wildman–Crippen LogP) is 3.57. The van der Waals surface area contributed by atoms with Gasteiger partial charge in [0.2, 0.25) is 0 Å². The summed E-state index contributed by atoms with van der Waals surface area (Å²) < 4.78 is 5.46. The number of carbonyl (C=O) groups excluding carboxylic acids is 1. The fourth-order valence-corrected chi connectivity index (χ4v) is 2.33. The van der Waals surface area contributed by atoms with Gasteiger partial charge in [-0.25, -0.2) is 4.79 Å². The quantitative estimate of drug-likeness (QED) is 0.721. The number of likely N-dealkylation sites (tertiary alicyclic amines) is 1. The lowest BCUT2D eigenvalue weighted by Gasteiger charge is -2.31. The minimum Gasteiger partial charge on any atom is -0.444 e.